The summed E-state index contributed by atoms with van der Waals surface area (Å²) in [6.45, 7) is 0.450. The second-order valence-corrected chi connectivity index (χ2v) is 5.12. The Morgan fingerprint density at radius 3 is 2.84 bits per heavy atom. The Kier molecular flexibility index (Phi) is 8.68. The summed E-state index contributed by atoms with van der Waals surface area (Å²) in [4.78, 5) is 12.0. The molecule has 19 heavy (non-hydrogen) atoms. The summed E-state index contributed by atoms with van der Waals surface area (Å²) in [6, 6.07) is 0. The van der Waals surface area contributed by atoms with Crippen LogP contribution in [0.15, 0.2) is 12.2 Å². The van der Waals surface area contributed by atoms with Crippen LogP contribution in [0.1, 0.15) is 38.5 Å². The Labute approximate surface area is 116 Å². The molecule has 0 aromatic heterocycles. The van der Waals surface area contributed by atoms with E-state index in [0.717, 1.165) is 25.7 Å². The van der Waals surface area contributed by atoms with Gasteiger partial charge in [0.05, 0.1) is 12.5 Å². The molecule has 3 atom stereocenters. The van der Waals surface area contributed by atoms with Gasteiger partial charge in [-0.2, -0.15) is 0 Å². The highest BCUT2D eigenvalue weighted by molar-refractivity contribution is 5.73. The molecule has 1 saturated carbocycles. The van der Waals surface area contributed by atoms with Crippen LogP contribution in [0.5, 0.6) is 0 Å². The lowest BCUT2D eigenvalue weighted by Crippen LogP contribution is -2.35. The van der Waals surface area contributed by atoms with Crippen molar-refractivity contribution in [3.63, 3.8) is 0 Å². The maximum Gasteiger partial charge on any atom is 0.309 e. The van der Waals surface area contributed by atoms with E-state index in [2.05, 4.69) is 12.2 Å². The molecule has 0 saturated heterocycles. The quantitative estimate of drug-likeness (QED) is 0.480. The van der Waals surface area contributed by atoms with Crippen LogP contribution in [-0.2, 0) is 9.53 Å². The smallest absolute Gasteiger partial charge is 0.309 e. The summed E-state index contributed by atoms with van der Waals surface area (Å²) in [7, 11) is 0. The molecule has 3 N–H and O–H groups in total. The van der Waals surface area contributed by atoms with E-state index in [-0.39, 0.29) is 31.4 Å². The Hall–Kier alpha value is -0.870. The van der Waals surface area contributed by atoms with Gasteiger partial charge in [-0.05, 0) is 37.5 Å². The molecule has 0 aromatic rings. The molecule has 2 aliphatic rings. The fourth-order valence-corrected chi connectivity index (χ4v) is 3.15. The topological polar surface area (TPSA) is 78.0 Å². The first-order valence-electron chi connectivity index (χ1n) is 6.77. The zero-order chi connectivity index (χ0) is 12.1. The number of aliphatic hydroxyl groups is 1. The Balaban J connectivity index is 0.00000162. The first-order valence-corrected chi connectivity index (χ1v) is 6.77. The van der Waals surface area contributed by atoms with E-state index in [0.29, 0.717) is 24.9 Å². The van der Waals surface area contributed by atoms with Crippen LogP contribution in [-0.4, -0.2) is 29.8 Å². The van der Waals surface area contributed by atoms with Crippen molar-refractivity contribution < 1.29 is 20.1 Å². The van der Waals surface area contributed by atoms with E-state index in [1.54, 1.807) is 0 Å². The molecule has 1 fully saturated rings. The van der Waals surface area contributed by atoms with Crippen molar-refractivity contribution in [2.45, 2.75) is 38.5 Å². The van der Waals surface area contributed by atoms with Crippen LogP contribution < -0.4 is 0 Å². The minimum atomic E-state index is -0.0385. The highest BCUT2D eigenvalue weighted by Crippen LogP contribution is 2.41. The molecule has 0 aromatic carbocycles. The molecule has 0 amide bonds. The van der Waals surface area contributed by atoms with Gasteiger partial charge >= 0.3 is 5.97 Å². The molecule has 0 aliphatic heterocycles. The molecule has 110 valence electrons. The summed E-state index contributed by atoms with van der Waals surface area (Å²) in [5, 5.41) is 8.68. The van der Waals surface area contributed by atoms with Gasteiger partial charge in [0, 0.05) is 13.0 Å². The second-order valence-electron chi connectivity index (χ2n) is 5.12. The van der Waals surface area contributed by atoms with Crippen LogP contribution in [0.2, 0.25) is 0 Å². The largest absolute Gasteiger partial charge is 0.465 e. The number of allylic oxidation sites excluding steroid dienone is 2. The van der Waals surface area contributed by atoms with Crippen molar-refractivity contribution in [1.29, 1.82) is 0 Å². The van der Waals surface area contributed by atoms with Gasteiger partial charge in [-0.15, -0.1) is 0 Å². The molecular weight excluding hydrogens is 244 g/mol. The number of carbonyl (C=O) groups is 1. The maximum atomic E-state index is 12.0. The lowest BCUT2D eigenvalue weighted by molar-refractivity contribution is -0.153. The van der Waals surface area contributed by atoms with Crippen molar-refractivity contribution in [3.05, 3.63) is 19.6 Å². The standard InChI is InChI=1S/C14H22O3.CH2.H2O/c15-9-4-10-17-14(16)13-8-3-6-11-5-1-2-7-12(11)13;;/h1,5,11-13,15H,2-4,6-10H2;2*1H2. The molecule has 4 heteroatoms. The van der Waals surface area contributed by atoms with Gasteiger partial charge in [-0.3, -0.25) is 4.79 Å². The summed E-state index contributed by atoms with van der Waals surface area (Å²) < 4.78 is 5.25. The number of esters is 1. The summed E-state index contributed by atoms with van der Waals surface area (Å²) >= 11 is 0. The minimum Gasteiger partial charge on any atom is -0.465 e. The van der Waals surface area contributed by atoms with E-state index in [4.69, 9.17) is 9.84 Å². The third-order valence-corrected chi connectivity index (χ3v) is 4.02. The van der Waals surface area contributed by atoms with Crippen molar-refractivity contribution in [2.75, 3.05) is 13.2 Å². The first-order chi connectivity index (χ1) is 8.33. The third-order valence-electron chi connectivity index (χ3n) is 4.02. The van der Waals surface area contributed by atoms with Gasteiger partial charge in [0.1, 0.15) is 0 Å². The molecule has 2 rings (SSSR count). The van der Waals surface area contributed by atoms with Crippen LogP contribution in [0.4, 0.5) is 0 Å². The zero-order valence-corrected chi connectivity index (χ0v) is 11.5. The van der Waals surface area contributed by atoms with Crippen molar-refractivity contribution in [1.82, 2.24) is 0 Å². The number of ether oxygens (including phenoxy) is 1. The monoisotopic (exact) mass is 270 g/mol. The molecule has 0 spiro atoms. The average molecular weight is 270 g/mol. The minimum absolute atomic E-state index is 0. The second kappa shape index (κ2) is 9.10. The summed E-state index contributed by atoms with van der Waals surface area (Å²) in [5.74, 6) is 1.14. The SMILES string of the molecule is O.O=C(OCCCO)C1CCCC2C=CCCC21.[CH2]. The lowest BCUT2D eigenvalue weighted by Gasteiger charge is -2.37. The average Bonchev–Trinajstić information content (AvgIpc) is 2.38. The molecule has 0 bridgehead atoms. The van der Waals surface area contributed by atoms with Crippen molar-refractivity contribution >= 4 is 5.97 Å². The highest BCUT2D eigenvalue weighted by atomic mass is 16.5. The summed E-state index contributed by atoms with van der Waals surface area (Å²) in [6.07, 6.45) is 10.6. The maximum absolute atomic E-state index is 12.0. The van der Waals surface area contributed by atoms with Gasteiger partial charge in [-0.1, -0.05) is 26.0 Å². The predicted octanol–water partition coefficient (Wildman–Crippen LogP) is 1.80. The lowest BCUT2D eigenvalue weighted by atomic mass is 9.68. The third kappa shape index (κ3) is 4.62. The van der Waals surface area contributed by atoms with Crippen LogP contribution in [0, 0.1) is 25.2 Å². The van der Waals surface area contributed by atoms with Gasteiger partial charge in [0.2, 0.25) is 0 Å². The number of hydrogen-bond donors (Lipinski definition) is 1. The molecule has 2 radical (unpaired) electrons. The molecule has 0 heterocycles. The van der Waals surface area contributed by atoms with E-state index < -0.39 is 0 Å². The number of hydrogen-bond acceptors (Lipinski definition) is 3. The predicted molar refractivity (Wildman–Crippen MR) is 74.3 cm³/mol. The first kappa shape index (κ1) is 18.1. The fourth-order valence-electron chi connectivity index (χ4n) is 3.15. The Morgan fingerprint density at radius 2 is 2.11 bits per heavy atom. The number of rotatable bonds is 4. The van der Waals surface area contributed by atoms with Gasteiger partial charge in [-0.25, -0.2) is 0 Å². The highest BCUT2D eigenvalue weighted by Gasteiger charge is 2.37. The molecule has 2 aliphatic carbocycles. The van der Waals surface area contributed by atoms with Crippen LogP contribution in [0.3, 0.4) is 0 Å². The number of carbonyl (C=O) groups excluding carboxylic acids is 1. The zero-order valence-electron chi connectivity index (χ0n) is 11.5. The Morgan fingerprint density at radius 1 is 1.32 bits per heavy atom. The van der Waals surface area contributed by atoms with Gasteiger partial charge < -0.3 is 15.3 Å². The Bertz CT molecular complexity index is 288. The number of aliphatic hydroxyl groups excluding tert-OH is 1. The van der Waals surface area contributed by atoms with Crippen molar-refractivity contribution in [3.8, 4) is 0 Å². The molecule has 3 unspecified atom stereocenters. The van der Waals surface area contributed by atoms with E-state index >= 15 is 0 Å². The number of fused-ring (bicyclic) bond motifs is 1. The van der Waals surface area contributed by atoms with Crippen LogP contribution >= 0.6 is 0 Å². The fraction of sp³-hybridized carbons (Fsp3) is 0.733. The summed E-state index contributed by atoms with van der Waals surface area (Å²) in [5.41, 5.74) is 0. The van der Waals surface area contributed by atoms with Gasteiger partial charge in [0.15, 0.2) is 0 Å². The van der Waals surface area contributed by atoms with E-state index in [9.17, 15) is 4.79 Å². The molecule has 4 nitrogen and oxygen atoms in total. The van der Waals surface area contributed by atoms with Crippen LogP contribution in [0.25, 0.3) is 0 Å². The van der Waals surface area contributed by atoms with E-state index in [1.165, 1.54) is 6.42 Å². The normalized spacial score (nSPS) is 28.6. The molecular formula is C15H26O4. The van der Waals surface area contributed by atoms with E-state index in [1.807, 2.05) is 0 Å². The van der Waals surface area contributed by atoms with Crippen molar-refractivity contribution in [2.24, 2.45) is 17.8 Å². The van der Waals surface area contributed by atoms with Gasteiger partial charge in [0.25, 0.3) is 0 Å².